The molecule has 15 heavy (non-hydrogen) atoms. The normalized spacial score (nSPS) is 20.1. The quantitative estimate of drug-likeness (QED) is 0.804. The Bertz CT molecular complexity index is 304. The summed E-state index contributed by atoms with van der Waals surface area (Å²) in [5.41, 5.74) is 1.91. The van der Waals surface area contributed by atoms with Crippen LogP contribution in [0.15, 0.2) is 18.3 Å². The number of ether oxygens (including phenoxy) is 1. The van der Waals surface area contributed by atoms with Gasteiger partial charge in [0.2, 0.25) is 0 Å². The smallest absolute Gasteiger partial charge is 0.0989 e. The molecule has 1 fully saturated rings. The molecule has 0 saturated carbocycles. The van der Waals surface area contributed by atoms with Crippen LogP contribution in [0.1, 0.15) is 30.2 Å². The van der Waals surface area contributed by atoms with E-state index in [2.05, 4.69) is 4.98 Å². The number of pyridine rings is 1. The molecule has 1 atom stereocenters. The number of aryl methyl sites for hydroxylation is 1. The molecule has 0 aromatic carbocycles. The topological polar surface area (TPSA) is 42.4 Å². The van der Waals surface area contributed by atoms with Crippen LogP contribution in [0.3, 0.4) is 0 Å². The molecule has 3 heteroatoms. The summed E-state index contributed by atoms with van der Waals surface area (Å²) in [7, 11) is 0. The predicted molar refractivity (Wildman–Crippen MR) is 57.5 cm³/mol. The summed E-state index contributed by atoms with van der Waals surface area (Å²) >= 11 is 0. The second kappa shape index (κ2) is 4.73. The lowest BCUT2D eigenvalue weighted by Crippen LogP contribution is -2.22. The van der Waals surface area contributed by atoms with Crippen molar-refractivity contribution in [2.45, 2.75) is 25.9 Å². The lowest BCUT2D eigenvalue weighted by molar-refractivity contribution is 0.00557. The van der Waals surface area contributed by atoms with Gasteiger partial charge in [0.25, 0.3) is 0 Å². The van der Waals surface area contributed by atoms with Crippen molar-refractivity contribution in [1.29, 1.82) is 0 Å². The number of hydrogen-bond donors (Lipinski definition) is 1. The standard InChI is InChI=1S/C12H17NO2/c1-9-2-3-11(13-8-9)12(14)10-4-6-15-7-5-10/h2-3,8,10,12,14H,4-7H2,1H3. The van der Waals surface area contributed by atoms with E-state index in [0.717, 1.165) is 37.3 Å². The Balaban J connectivity index is 2.05. The van der Waals surface area contributed by atoms with Crippen LogP contribution in [0.2, 0.25) is 0 Å². The van der Waals surface area contributed by atoms with Gasteiger partial charge in [0.1, 0.15) is 0 Å². The number of hydrogen-bond acceptors (Lipinski definition) is 3. The molecule has 2 rings (SSSR count). The molecule has 1 saturated heterocycles. The van der Waals surface area contributed by atoms with E-state index < -0.39 is 6.10 Å². The molecule has 0 aliphatic carbocycles. The molecule has 1 N–H and O–H groups in total. The average molecular weight is 207 g/mol. The maximum Gasteiger partial charge on any atom is 0.0989 e. The summed E-state index contributed by atoms with van der Waals surface area (Å²) in [6.07, 6.45) is 3.22. The maximum absolute atomic E-state index is 10.1. The Morgan fingerprint density at radius 1 is 1.40 bits per heavy atom. The van der Waals surface area contributed by atoms with Gasteiger partial charge >= 0.3 is 0 Å². The van der Waals surface area contributed by atoms with Crippen molar-refractivity contribution in [3.63, 3.8) is 0 Å². The van der Waals surface area contributed by atoms with Crippen molar-refractivity contribution in [2.24, 2.45) is 5.92 Å². The van der Waals surface area contributed by atoms with Gasteiger partial charge in [0.15, 0.2) is 0 Å². The molecule has 1 aromatic rings. The fourth-order valence-electron chi connectivity index (χ4n) is 1.93. The van der Waals surface area contributed by atoms with Crippen LogP contribution in [0, 0.1) is 12.8 Å². The van der Waals surface area contributed by atoms with Crippen molar-refractivity contribution < 1.29 is 9.84 Å². The first-order valence-electron chi connectivity index (χ1n) is 5.46. The van der Waals surface area contributed by atoms with Crippen molar-refractivity contribution >= 4 is 0 Å². The number of aliphatic hydroxyl groups is 1. The van der Waals surface area contributed by atoms with Gasteiger partial charge in [-0.3, -0.25) is 4.98 Å². The van der Waals surface area contributed by atoms with Crippen LogP contribution >= 0.6 is 0 Å². The van der Waals surface area contributed by atoms with Gasteiger partial charge in [0, 0.05) is 19.4 Å². The van der Waals surface area contributed by atoms with Crippen molar-refractivity contribution in [3.05, 3.63) is 29.6 Å². The number of rotatable bonds is 2. The predicted octanol–water partition coefficient (Wildman–Crippen LogP) is 1.85. The molecule has 3 nitrogen and oxygen atoms in total. The zero-order chi connectivity index (χ0) is 10.7. The lowest BCUT2D eigenvalue weighted by Gasteiger charge is -2.26. The van der Waals surface area contributed by atoms with Crippen molar-refractivity contribution in [3.8, 4) is 0 Å². The first-order chi connectivity index (χ1) is 7.27. The molecule has 0 spiro atoms. The molecule has 0 amide bonds. The zero-order valence-electron chi connectivity index (χ0n) is 9.02. The van der Waals surface area contributed by atoms with E-state index in [0.29, 0.717) is 5.92 Å². The number of aliphatic hydroxyl groups excluding tert-OH is 1. The fraction of sp³-hybridized carbons (Fsp3) is 0.583. The van der Waals surface area contributed by atoms with E-state index in [9.17, 15) is 5.11 Å². The number of nitrogens with zero attached hydrogens (tertiary/aromatic N) is 1. The van der Waals surface area contributed by atoms with Gasteiger partial charge in [-0.25, -0.2) is 0 Å². The summed E-state index contributed by atoms with van der Waals surface area (Å²) in [4.78, 5) is 4.26. The SMILES string of the molecule is Cc1ccc(C(O)C2CCOCC2)nc1. The van der Waals surface area contributed by atoms with E-state index >= 15 is 0 Å². The number of aromatic nitrogens is 1. The minimum Gasteiger partial charge on any atom is -0.387 e. The third kappa shape index (κ3) is 2.55. The Labute approximate surface area is 90.1 Å². The Morgan fingerprint density at radius 2 is 2.13 bits per heavy atom. The third-order valence-corrected chi connectivity index (χ3v) is 2.95. The van der Waals surface area contributed by atoms with Crippen molar-refractivity contribution in [2.75, 3.05) is 13.2 Å². The second-order valence-corrected chi connectivity index (χ2v) is 4.16. The van der Waals surface area contributed by atoms with Crippen LogP contribution in [-0.4, -0.2) is 23.3 Å². The zero-order valence-corrected chi connectivity index (χ0v) is 9.02. The maximum atomic E-state index is 10.1. The average Bonchev–Trinajstić information content (AvgIpc) is 2.30. The summed E-state index contributed by atoms with van der Waals surface area (Å²) in [5.74, 6) is 0.300. The van der Waals surface area contributed by atoms with E-state index in [1.807, 2.05) is 19.1 Å². The van der Waals surface area contributed by atoms with E-state index in [1.165, 1.54) is 0 Å². The van der Waals surface area contributed by atoms with E-state index in [1.54, 1.807) is 6.20 Å². The molecule has 2 heterocycles. The Hall–Kier alpha value is -0.930. The highest BCUT2D eigenvalue weighted by atomic mass is 16.5. The minimum atomic E-state index is -0.436. The molecule has 82 valence electrons. The molecule has 1 aliphatic rings. The molecule has 1 unspecified atom stereocenters. The van der Waals surface area contributed by atoms with Crippen LogP contribution in [-0.2, 0) is 4.74 Å². The summed E-state index contributed by atoms with van der Waals surface area (Å²) in [6.45, 7) is 3.51. The summed E-state index contributed by atoms with van der Waals surface area (Å²) in [6, 6.07) is 3.90. The van der Waals surface area contributed by atoms with Crippen molar-refractivity contribution in [1.82, 2.24) is 4.98 Å². The van der Waals surface area contributed by atoms with Gasteiger partial charge in [-0.15, -0.1) is 0 Å². The molecule has 1 aliphatic heterocycles. The Morgan fingerprint density at radius 3 is 2.73 bits per heavy atom. The largest absolute Gasteiger partial charge is 0.387 e. The summed E-state index contributed by atoms with van der Waals surface area (Å²) in [5, 5.41) is 10.1. The minimum absolute atomic E-state index is 0.300. The first kappa shape index (κ1) is 10.6. The molecule has 0 bridgehead atoms. The lowest BCUT2D eigenvalue weighted by atomic mass is 9.92. The molecular weight excluding hydrogens is 190 g/mol. The fourth-order valence-corrected chi connectivity index (χ4v) is 1.93. The first-order valence-corrected chi connectivity index (χ1v) is 5.46. The molecular formula is C12H17NO2. The van der Waals surface area contributed by atoms with Crippen LogP contribution in [0.5, 0.6) is 0 Å². The van der Waals surface area contributed by atoms with Crippen LogP contribution in [0.25, 0.3) is 0 Å². The Kier molecular flexibility index (Phi) is 3.34. The van der Waals surface area contributed by atoms with Crippen LogP contribution < -0.4 is 0 Å². The monoisotopic (exact) mass is 207 g/mol. The van der Waals surface area contributed by atoms with Gasteiger partial charge in [0.05, 0.1) is 11.8 Å². The molecule has 0 radical (unpaired) electrons. The van der Waals surface area contributed by atoms with E-state index in [-0.39, 0.29) is 0 Å². The van der Waals surface area contributed by atoms with Gasteiger partial charge in [-0.1, -0.05) is 6.07 Å². The van der Waals surface area contributed by atoms with E-state index in [4.69, 9.17) is 4.74 Å². The van der Waals surface area contributed by atoms with Gasteiger partial charge in [-0.2, -0.15) is 0 Å². The van der Waals surface area contributed by atoms with Crippen LogP contribution in [0.4, 0.5) is 0 Å². The second-order valence-electron chi connectivity index (χ2n) is 4.16. The highest BCUT2D eigenvalue weighted by Crippen LogP contribution is 2.28. The van der Waals surface area contributed by atoms with Gasteiger partial charge in [-0.05, 0) is 37.3 Å². The molecule has 1 aromatic heterocycles. The highest BCUT2D eigenvalue weighted by molar-refractivity contribution is 5.14. The highest BCUT2D eigenvalue weighted by Gasteiger charge is 2.24. The van der Waals surface area contributed by atoms with Gasteiger partial charge < -0.3 is 9.84 Å². The third-order valence-electron chi connectivity index (χ3n) is 2.95. The summed E-state index contributed by atoms with van der Waals surface area (Å²) < 4.78 is 5.27.